The van der Waals surface area contributed by atoms with Gasteiger partial charge in [0.15, 0.2) is 0 Å². The zero-order valence-electron chi connectivity index (χ0n) is 17.7. The first-order valence-corrected chi connectivity index (χ1v) is 10.4. The number of rotatable bonds is 6. The average Bonchev–Trinajstić information content (AvgIpc) is 2.79. The SMILES string of the molecule is Cc1ccc(NC(=O)[C@@H](NC(=O)CN2CC(=O)Nc3ccccc32)c2ccccc2)cc1. The Bertz CT molecular complexity index is 1130. The van der Waals surface area contributed by atoms with Crippen molar-refractivity contribution < 1.29 is 14.4 Å². The van der Waals surface area contributed by atoms with Gasteiger partial charge in [-0.15, -0.1) is 0 Å². The molecule has 0 aromatic heterocycles. The third kappa shape index (κ3) is 4.95. The van der Waals surface area contributed by atoms with Gasteiger partial charge in [-0.1, -0.05) is 60.2 Å². The van der Waals surface area contributed by atoms with Crippen LogP contribution in [0.1, 0.15) is 17.2 Å². The number of carbonyl (C=O) groups excluding carboxylic acids is 3. The fourth-order valence-corrected chi connectivity index (χ4v) is 3.62. The average molecular weight is 428 g/mol. The number of hydrogen-bond acceptors (Lipinski definition) is 4. The number of nitrogens with zero attached hydrogens (tertiary/aromatic N) is 1. The topological polar surface area (TPSA) is 90.5 Å². The summed E-state index contributed by atoms with van der Waals surface area (Å²) < 4.78 is 0. The lowest BCUT2D eigenvalue weighted by Crippen LogP contribution is -2.46. The van der Waals surface area contributed by atoms with Crippen LogP contribution in [0.3, 0.4) is 0 Å². The summed E-state index contributed by atoms with van der Waals surface area (Å²) in [4.78, 5) is 39.8. The van der Waals surface area contributed by atoms with Gasteiger partial charge >= 0.3 is 0 Å². The maximum Gasteiger partial charge on any atom is 0.251 e. The normalized spacial score (nSPS) is 13.5. The number of para-hydroxylation sites is 2. The molecular formula is C25H24N4O3. The molecule has 0 spiro atoms. The van der Waals surface area contributed by atoms with Crippen LogP contribution in [0.2, 0.25) is 0 Å². The molecule has 3 N–H and O–H groups in total. The molecule has 0 bridgehead atoms. The summed E-state index contributed by atoms with van der Waals surface area (Å²) in [5.41, 5.74) is 3.83. The van der Waals surface area contributed by atoms with Gasteiger partial charge in [-0.2, -0.15) is 0 Å². The van der Waals surface area contributed by atoms with E-state index >= 15 is 0 Å². The van der Waals surface area contributed by atoms with Crippen LogP contribution in [-0.4, -0.2) is 30.8 Å². The summed E-state index contributed by atoms with van der Waals surface area (Å²) in [5.74, 6) is -0.888. The van der Waals surface area contributed by atoms with Gasteiger partial charge < -0.3 is 20.9 Å². The molecular weight excluding hydrogens is 404 g/mol. The highest BCUT2D eigenvalue weighted by Gasteiger charge is 2.27. The Balaban J connectivity index is 1.51. The Kier molecular flexibility index (Phi) is 6.17. The van der Waals surface area contributed by atoms with Gasteiger partial charge in [-0.05, 0) is 36.8 Å². The van der Waals surface area contributed by atoms with Crippen molar-refractivity contribution in [3.63, 3.8) is 0 Å². The second-order valence-electron chi connectivity index (χ2n) is 7.69. The molecule has 0 saturated heterocycles. The van der Waals surface area contributed by atoms with E-state index in [1.54, 1.807) is 23.1 Å². The van der Waals surface area contributed by atoms with Crippen LogP contribution in [0.25, 0.3) is 0 Å². The molecule has 0 aliphatic carbocycles. The third-order valence-corrected chi connectivity index (χ3v) is 5.21. The predicted molar refractivity (Wildman–Crippen MR) is 124 cm³/mol. The molecule has 7 nitrogen and oxygen atoms in total. The minimum atomic E-state index is -0.876. The smallest absolute Gasteiger partial charge is 0.251 e. The molecule has 3 aromatic carbocycles. The number of anilines is 3. The lowest BCUT2D eigenvalue weighted by Gasteiger charge is -2.30. The van der Waals surface area contributed by atoms with Gasteiger partial charge in [0.2, 0.25) is 11.8 Å². The van der Waals surface area contributed by atoms with Crippen molar-refractivity contribution >= 4 is 34.8 Å². The molecule has 162 valence electrons. The Morgan fingerprint density at radius 2 is 1.66 bits per heavy atom. The van der Waals surface area contributed by atoms with Crippen LogP contribution >= 0.6 is 0 Å². The van der Waals surface area contributed by atoms with Crippen LogP contribution in [0.5, 0.6) is 0 Å². The van der Waals surface area contributed by atoms with E-state index in [4.69, 9.17) is 0 Å². The fourth-order valence-electron chi connectivity index (χ4n) is 3.62. The van der Waals surface area contributed by atoms with Crippen molar-refractivity contribution in [1.29, 1.82) is 0 Å². The molecule has 1 aliphatic heterocycles. The molecule has 0 unspecified atom stereocenters. The molecule has 1 heterocycles. The van der Waals surface area contributed by atoms with Crippen LogP contribution in [0.4, 0.5) is 17.1 Å². The lowest BCUT2D eigenvalue weighted by atomic mass is 10.1. The Morgan fingerprint density at radius 3 is 2.41 bits per heavy atom. The molecule has 32 heavy (non-hydrogen) atoms. The van der Waals surface area contributed by atoms with E-state index in [0.29, 0.717) is 16.9 Å². The number of aryl methyl sites for hydroxylation is 1. The molecule has 7 heteroatoms. The highest BCUT2D eigenvalue weighted by molar-refractivity contribution is 6.03. The van der Waals surface area contributed by atoms with E-state index in [-0.39, 0.29) is 30.8 Å². The molecule has 1 aliphatic rings. The van der Waals surface area contributed by atoms with Crippen LogP contribution in [0, 0.1) is 6.92 Å². The largest absolute Gasteiger partial charge is 0.351 e. The van der Waals surface area contributed by atoms with E-state index in [1.165, 1.54) is 0 Å². The van der Waals surface area contributed by atoms with Crippen molar-refractivity contribution in [2.75, 3.05) is 28.6 Å². The Hall–Kier alpha value is -4.13. The van der Waals surface area contributed by atoms with E-state index in [0.717, 1.165) is 11.3 Å². The van der Waals surface area contributed by atoms with E-state index in [2.05, 4.69) is 16.0 Å². The summed E-state index contributed by atoms with van der Waals surface area (Å²) >= 11 is 0. The van der Waals surface area contributed by atoms with Crippen LogP contribution < -0.4 is 20.9 Å². The number of amides is 3. The highest BCUT2D eigenvalue weighted by Crippen LogP contribution is 2.28. The Morgan fingerprint density at radius 1 is 0.969 bits per heavy atom. The van der Waals surface area contributed by atoms with Gasteiger partial charge in [-0.25, -0.2) is 0 Å². The first-order valence-electron chi connectivity index (χ1n) is 10.4. The van der Waals surface area contributed by atoms with Gasteiger partial charge in [0.25, 0.3) is 5.91 Å². The summed E-state index contributed by atoms with van der Waals surface area (Å²) in [6, 6.07) is 23.0. The van der Waals surface area contributed by atoms with Crippen molar-refractivity contribution in [2.24, 2.45) is 0 Å². The van der Waals surface area contributed by atoms with E-state index in [1.807, 2.05) is 67.6 Å². The predicted octanol–water partition coefficient (Wildman–Crippen LogP) is 3.25. The monoisotopic (exact) mass is 428 g/mol. The van der Waals surface area contributed by atoms with Gasteiger partial charge in [0.05, 0.1) is 24.5 Å². The summed E-state index contributed by atoms with van der Waals surface area (Å²) in [6.07, 6.45) is 0. The zero-order chi connectivity index (χ0) is 22.5. The third-order valence-electron chi connectivity index (χ3n) is 5.21. The summed E-state index contributed by atoms with van der Waals surface area (Å²) in [7, 11) is 0. The molecule has 3 amide bonds. The maximum atomic E-state index is 13.1. The van der Waals surface area contributed by atoms with Crippen molar-refractivity contribution in [3.05, 3.63) is 90.0 Å². The Labute approximate surface area is 186 Å². The van der Waals surface area contributed by atoms with Crippen molar-refractivity contribution in [3.8, 4) is 0 Å². The lowest BCUT2D eigenvalue weighted by molar-refractivity contribution is -0.126. The molecule has 0 saturated carbocycles. The molecule has 0 fully saturated rings. The number of carbonyl (C=O) groups is 3. The molecule has 3 aromatic rings. The minimum absolute atomic E-state index is 0.0500. The molecule has 0 radical (unpaired) electrons. The fraction of sp³-hybridized carbons (Fsp3) is 0.160. The summed E-state index contributed by atoms with van der Waals surface area (Å²) in [6.45, 7) is 1.99. The first kappa shape index (κ1) is 21.1. The van der Waals surface area contributed by atoms with E-state index in [9.17, 15) is 14.4 Å². The maximum absolute atomic E-state index is 13.1. The highest BCUT2D eigenvalue weighted by atomic mass is 16.2. The molecule has 1 atom stereocenters. The van der Waals surface area contributed by atoms with Crippen LogP contribution in [-0.2, 0) is 14.4 Å². The standard InChI is InChI=1S/C25H24N4O3/c1-17-11-13-19(14-12-17)26-25(32)24(18-7-3-2-4-8-18)28-23(31)16-29-15-22(30)27-20-9-5-6-10-21(20)29/h2-14,24H,15-16H2,1H3,(H,26,32)(H,27,30)(H,28,31)/t24-/m0/s1. The van der Waals surface area contributed by atoms with Gasteiger partial charge in [-0.3, -0.25) is 14.4 Å². The van der Waals surface area contributed by atoms with Gasteiger partial charge in [0.1, 0.15) is 6.04 Å². The van der Waals surface area contributed by atoms with Crippen molar-refractivity contribution in [2.45, 2.75) is 13.0 Å². The molecule has 4 rings (SSSR count). The second kappa shape index (κ2) is 9.34. The van der Waals surface area contributed by atoms with Crippen LogP contribution in [0.15, 0.2) is 78.9 Å². The first-order chi connectivity index (χ1) is 15.5. The second-order valence-corrected chi connectivity index (χ2v) is 7.69. The van der Waals surface area contributed by atoms with E-state index < -0.39 is 6.04 Å². The number of nitrogens with one attached hydrogen (secondary N) is 3. The number of hydrogen-bond donors (Lipinski definition) is 3. The number of fused-ring (bicyclic) bond motifs is 1. The van der Waals surface area contributed by atoms with Gasteiger partial charge in [0, 0.05) is 5.69 Å². The van der Waals surface area contributed by atoms with Crippen molar-refractivity contribution in [1.82, 2.24) is 5.32 Å². The number of benzene rings is 3. The summed E-state index contributed by atoms with van der Waals surface area (Å²) in [5, 5.41) is 8.50. The zero-order valence-corrected chi connectivity index (χ0v) is 17.7. The minimum Gasteiger partial charge on any atom is -0.351 e. The quantitative estimate of drug-likeness (QED) is 0.562.